The molecule has 1 aromatic heterocycles. The van der Waals surface area contributed by atoms with E-state index in [1.807, 2.05) is 6.20 Å². The number of aryl methyl sites for hydroxylation is 2. The highest BCUT2D eigenvalue weighted by Gasteiger charge is 2.30. The normalized spacial score (nSPS) is 14.9. The lowest BCUT2D eigenvalue weighted by Crippen LogP contribution is -2.22. The third-order valence-electron chi connectivity index (χ3n) is 4.14. The van der Waals surface area contributed by atoms with E-state index in [1.165, 1.54) is 40.9 Å². The summed E-state index contributed by atoms with van der Waals surface area (Å²) in [4.78, 5) is 0. The van der Waals surface area contributed by atoms with Gasteiger partial charge in [0.15, 0.2) is 0 Å². The topological polar surface area (TPSA) is 29.9 Å². The minimum Gasteiger partial charge on any atom is -0.310 e. The molecule has 3 nitrogen and oxygen atoms in total. The molecule has 3 rings (SSSR count). The summed E-state index contributed by atoms with van der Waals surface area (Å²) in [5, 5.41) is 8.23. The molecule has 0 atom stereocenters. The number of hydrogen-bond donors (Lipinski definition) is 1. The Bertz CT molecular complexity index is 636. The molecule has 0 bridgehead atoms. The van der Waals surface area contributed by atoms with Crippen LogP contribution in [0.5, 0.6) is 0 Å². The molecule has 0 amide bonds. The summed E-state index contributed by atoms with van der Waals surface area (Å²) in [6.45, 7) is 9.59. The molecule has 0 radical (unpaired) electrons. The number of nitrogens with zero attached hydrogens (tertiary/aromatic N) is 2. The minimum atomic E-state index is 0.501. The maximum atomic E-state index is 4.70. The van der Waals surface area contributed by atoms with E-state index >= 15 is 0 Å². The van der Waals surface area contributed by atoms with Gasteiger partial charge in [-0.25, -0.2) is 4.68 Å². The SMILES string of the molecule is Cc1ccc(C)c(-n2ncc(CNC(C)C)c2C2CC2)c1. The number of rotatable bonds is 5. The van der Waals surface area contributed by atoms with Crippen molar-refractivity contribution in [2.24, 2.45) is 0 Å². The molecule has 1 aliphatic carbocycles. The second kappa shape index (κ2) is 5.64. The molecule has 0 aliphatic heterocycles. The lowest BCUT2D eigenvalue weighted by atomic mass is 10.1. The minimum absolute atomic E-state index is 0.501. The van der Waals surface area contributed by atoms with Gasteiger partial charge >= 0.3 is 0 Å². The predicted octanol–water partition coefficient (Wildman–Crippen LogP) is 3.86. The summed E-state index contributed by atoms with van der Waals surface area (Å²) in [5.41, 5.74) is 6.57. The van der Waals surface area contributed by atoms with Crippen LogP contribution in [-0.4, -0.2) is 15.8 Å². The van der Waals surface area contributed by atoms with Crippen LogP contribution < -0.4 is 5.32 Å². The monoisotopic (exact) mass is 283 g/mol. The summed E-state index contributed by atoms with van der Waals surface area (Å²) in [6.07, 6.45) is 4.64. The van der Waals surface area contributed by atoms with Gasteiger partial charge in [-0.05, 0) is 43.9 Å². The Kier molecular flexibility index (Phi) is 3.85. The number of hydrogen-bond acceptors (Lipinski definition) is 2. The van der Waals surface area contributed by atoms with Gasteiger partial charge in [-0.15, -0.1) is 0 Å². The van der Waals surface area contributed by atoms with Crippen LogP contribution in [0, 0.1) is 13.8 Å². The Labute approximate surface area is 127 Å². The van der Waals surface area contributed by atoms with Gasteiger partial charge in [0.25, 0.3) is 0 Å². The quantitative estimate of drug-likeness (QED) is 0.903. The van der Waals surface area contributed by atoms with Gasteiger partial charge in [-0.3, -0.25) is 0 Å². The third kappa shape index (κ3) is 3.03. The zero-order valence-corrected chi connectivity index (χ0v) is 13.5. The first-order chi connectivity index (χ1) is 10.1. The molecule has 1 aromatic carbocycles. The predicted molar refractivity (Wildman–Crippen MR) is 87.0 cm³/mol. The smallest absolute Gasteiger partial charge is 0.0680 e. The average Bonchev–Trinajstić information content (AvgIpc) is 3.19. The molecule has 2 aromatic rings. The molecule has 1 aliphatic rings. The van der Waals surface area contributed by atoms with Crippen molar-refractivity contribution in [1.82, 2.24) is 15.1 Å². The largest absolute Gasteiger partial charge is 0.310 e. The molecule has 21 heavy (non-hydrogen) atoms. The van der Waals surface area contributed by atoms with Gasteiger partial charge in [0.05, 0.1) is 17.6 Å². The maximum Gasteiger partial charge on any atom is 0.0680 e. The van der Waals surface area contributed by atoms with E-state index in [0.717, 1.165) is 6.54 Å². The molecule has 1 N–H and O–H groups in total. The number of nitrogens with one attached hydrogen (secondary N) is 1. The Morgan fingerprint density at radius 1 is 1.29 bits per heavy atom. The van der Waals surface area contributed by atoms with Crippen LogP contribution in [0.4, 0.5) is 0 Å². The second-order valence-electron chi connectivity index (χ2n) is 6.57. The van der Waals surface area contributed by atoms with Crippen molar-refractivity contribution in [1.29, 1.82) is 0 Å². The average molecular weight is 283 g/mol. The van der Waals surface area contributed by atoms with E-state index in [1.54, 1.807) is 0 Å². The van der Waals surface area contributed by atoms with Crippen molar-refractivity contribution in [3.05, 3.63) is 46.8 Å². The molecule has 1 heterocycles. The number of benzene rings is 1. The molecule has 1 fully saturated rings. The molecule has 0 saturated heterocycles. The summed E-state index contributed by atoms with van der Waals surface area (Å²) < 4.78 is 2.18. The lowest BCUT2D eigenvalue weighted by Gasteiger charge is -2.13. The third-order valence-corrected chi connectivity index (χ3v) is 4.14. The molecule has 1 saturated carbocycles. The Morgan fingerprint density at radius 2 is 2.05 bits per heavy atom. The van der Waals surface area contributed by atoms with Gasteiger partial charge in [0.2, 0.25) is 0 Å². The van der Waals surface area contributed by atoms with Crippen molar-refractivity contribution >= 4 is 0 Å². The number of aromatic nitrogens is 2. The van der Waals surface area contributed by atoms with Crippen LogP contribution in [-0.2, 0) is 6.54 Å². The maximum absolute atomic E-state index is 4.70. The van der Waals surface area contributed by atoms with Crippen molar-refractivity contribution in [2.45, 2.75) is 59.0 Å². The highest BCUT2D eigenvalue weighted by molar-refractivity contribution is 5.45. The molecule has 0 spiro atoms. The summed E-state index contributed by atoms with van der Waals surface area (Å²) in [6, 6.07) is 7.10. The first kappa shape index (κ1) is 14.3. The fourth-order valence-corrected chi connectivity index (χ4v) is 2.77. The van der Waals surface area contributed by atoms with Crippen molar-refractivity contribution in [3.8, 4) is 5.69 Å². The van der Waals surface area contributed by atoms with E-state index in [-0.39, 0.29) is 0 Å². The van der Waals surface area contributed by atoms with Gasteiger partial charge in [0, 0.05) is 24.1 Å². The highest BCUT2D eigenvalue weighted by atomic mass is 15.3. The van der Waals surface area contributed by atoms with Gasteiger partial charge < -0.3 is 5.32 Å². The van der Waals surface area contributed by atoms with Gasteiger partial charge in [0.1, 0.15) is 0 Å². The van der Waals surface area contributed by atoms with E-state index in [9.17, 15) is 0 Å². The Hall–Kier alpha value is -1.61. The van der Waals surface area contributed by atoms with Gasteiger partial charge in [-0.2, -0.15) is 5.10 Å². The van der Waals surface area contributed by atoms with E-state index in [4.69, 9.17) is 5.10 Å². The summed E-state index contributed by atoms with van der Waals surface area (Å²) >= 11 is 0. The fraction of sp³-hybridized carbons (Fsp3) is 0.500. The standard InChI is InChI=1S/C18H25N3/c1-12(2)19-10-16-11-20-21(18(16)15-7-8-15)17-9-13(3)5-6-14(17)4/h5-6,9,11-12,15,19H,7-8,10H2,1-4H3. The van der Waals surface area contributed by atoms with E-state index in [2.05, 4.69) is 55.9 Å². The van der Waals surface area contributed by atoms with E-state index < -0.39 is 0 Å². The Balaban J connectivity index is 2.00. The molecule has 112 valence electrons. The second-order valence-corrected chi connectivity index (χ2v) is 6.57. The van der Waals surface area contributed by atoms with Crippen LogP contribution in [0.3, 0.4) is 0 Å². The molecular formula is C18H25N3. The Morgan fingerprint density at radius 3 is 2.71 bits per heavy atom. The van der Waals surface area contributed by atoms with Crippen molar-refractivity contribution in [2.75, 3.05) is 0 Å². The van der Waals surface area contributed by atoms with Crippen LogP contribution >= 0.6 is 0 Å². The fourth-order valence-electron chi connectivity index (χ4n) is 2.77. The summed E-state index contributed by atoms with van der Waals surface area (Å²) in [7, 11) is 0. The van der Waals surface area contributed by atoms with Crippen molar-refractivity contribution in [3.63, 3.8) is 0 Å². The lowest BCUT2D eigenvalue weighted by molar-refractivity contribution is 0.585. The summed E-state index contributed by atoms with van der Waals surface area (Å²) in [5.74, 6) is 0.691. The van der Waals surface area contributed by atoms with Gasteiger partial charge in [-0.1, -0.05) is 26.0 Å². The molecular weight excluding hydrogens is 258 g/mol. The van der Waals surface area contributed by atoms with Crippen molar-refractivity contribution < 1.29 is 0 Å². The zero-order valence-electron chi connectivity index (χ0n) is 13.5. The van der Waals surface area contributed by atoms with Crippen LogP contribution in [0.2, 0.25) is 0 Å². The first-order valence-electron chi connectivity index (χ1n) is 7.94. The molecule has 0 unspecified atom stereocenters. The van der Waals surface area contributed by atoms with Crippen LogP contribution in [0.1, 0.15) is 55.0 Å². The van der Waals surface area contributed by atoms with Crippen LogP contribution in [0.25, 0.3) is 5.69 Å². The van der Waals surface area contributed by atoms with E-state index in [0.29, 0.717) is 12.0 Å². The molecule has 3 heteroatoms. The highest BCUT2D eigenvalue weighted by Crippen LogP contribution is 2.42. The zero-order chi connectivity index (χ0) is 15.0. The first-order valence-corrected chi connectivity index (χ1v) is 7.94. The van der Waals surface area contributed by atoms with Crippen LogP contribution in [0.15, 0.2) is 24.4 Å².